The van der Waals surface area contributed by atoms with Crippen LogP contribution in [0.4, 0.5) is 14.5 Å². The average Bonchev–Trinajstić information content (AvgIpc) is 2.65. The Labute approximate surface area is 147 Å². The van der Waals surface area contributed by atoms with Crippen molar-refractivity contribution >= 4 is 11.6 Å². The van der Waals surface area contributed by atoms with Crippen molar-refractivity contribution in [2.45, 2.75) is 37.6 Å². The number of hydrogen-bond acceptors (Lipinski definition) is 3. The molecule has 0 amide bonds. The molecule has 0 aromatic heterocycles. The summed E-state index contributed by atoms with van der Waals surface area (Å²) in [5.74, 6) is -0.961. The van der Waals surface area contributed by atoms with Crippen LogP contribution in [-0.4, -0.2) is 49.2 Å². The lowest BCUT2D eigenvalue weighted by atomic mass is 9.80. The van der Waals surface area contributed by atoms with Crippen LogP contribution in [0, 0.1) is 11.6 Å². The third kappa shape index (κ3) is 4.46. The molecule has 1 saturated heterocycles. The first-order valence-electron chi connectivity index (χ1n) is 8.94. The molecule has 5 nitrogen and oxygen atoms in total. The molecule has 2 fully saturated rings. The smallest absolute Gasteiger partial charge is 0.193 e. The minimum atomic E-state index is -0.555. The van der Waals surface area contributed by atoms with Gasteiger partial charge < -0.3 is 15.8 Å². The quantitative estimate of drug-likeness (QED) is 0.646. The average molecular weight is 352 g/mol. The SMILES string of the molecule is NC(=NCC1(N2CCOCC2)CCCCC1)Nc1cc(F)ccc1F. The topological polar surface area (TPSA) is 62.9 Å². The number of rotatable bonds is 4. The van der Waals surface area contributed by atoms with Gasteiger partial charge in [0.2, 0.25) is 0 Å². The first-order valence-corrected chi connectivity index (χ1v) is 8.94. The zero-order chi connectivity index (χ0) is 17.7. The molecular weight excluding hydrogens is 326 g/mol. The molecule has 0 spiro atoms. The Morgan fingerprint density at radius 3 is 2.64 bits per heavy atom. The number of nitrogens with two attached hydrogens (primary N) is 1. The summed E-state index contributed by atoms with van der Waals surface area (Å²) in [6, 6.07) is 3.22. The van der Waals surface area contributed by atoms with Crippen molar-refractivity contribution in [3.05, 3.63) is 29.8 Å². The van der Waals surface area contributed by atoms with E-state index in [0.29, 0.717) is 6.54 Å². The summed E-state index contributed by atoms with van der Waals surface area (Å²) in [7, 11) is 0. The number of benzene rings is 1. The number of nitrogens with one attached hydrogen (secondary N) is 1. The zero-order valence-corrected chi connectivity index (χ0v) is 14.4. The predicted molar refractivity (Wildman–Crippen MR) is 94.7 cm³/mol. The van der Waals surface area contributed by atoms with Crippen molar-refractivity contribution in [1.82, 2.24) is 4.90 Å². The molecule has 2 aliphatic rings. The van der Waals surface area contributed by atoms with Gasteiger partial charge in [0.25, 0.3) is 0 Å². The van der Waals surface area contributed by atoms with Crippen LogP contribution in [0.1, 0.15) is 32.1 Å². The van der Waals surface area contributed by atoms with Crippen LogP contribution in [0.25, 0.3) is 0 Å². The number of guanidine groups is 1. The van der Waals surface area contributed by atoms with Gasteiger partial charge in [-0.15, -0.1) is 0 Å². The first kappa shape index (κ1) is 18.1. The largest absolute Gasteiger partial charge is 0.379 e. The number of aliphatic imine (C=N–C) groups is 1. The van der Waals surface area contributed by atoms with Crippen LogP contribution in [0.2, 0.25) is 0 Å². The highest BCUT2D eigenvalue weighted by Crippen LogP contribution is 2.34. The summed E-state index contributed by atoms with van der Waals surface area (Å²) in [6.07, 6.45) is 5.77. The monoisotopic (exact) mass is 352 g/mol. The molecule has 0 unspecified atom stereocenters. The Hall–Kier alpha value is -1.73. The van der Waals surface area contributed by atoms with Gasteiger partial charge in [0.15, 0.2) is 5.96 Å². The van der Waals surface area contributed by atoms with E-state index in [2.05, 4.69) is 15.2 Å². The van der Waals surface area contributed by atoms with E-state index in [0.717, 1.165) is 57.3 Å². The highest BCUT2D eigenvalue weighted by molar-refractivity contribution is 5.92. The number of ether oxygens (including phenoxy) is 1. The lowest BCUT2D eigenvalue weighted by Gasteiger charge is -2.47. The van der Waals surface area contributed by atoms with E-state index >= 15 is 0 Å². The Kier molecular flexibility index (Phi) is 5.86. The number of hydrogen-bond donors (Lipinski definition) is 2. The summed E-state index contributed by atoms with van der Waals surface area (Å²) < 4.78 is 32.5. The van der Waals surface area contributed by atoms with Crippen LogP contribution < -0.4 is 11.1 Å². The summed E-state index contributed by atoms with van der Waals surface area (Å²) in [6.45, 7) is 3.85. The van der Waals surface area contributed by atoms with Crippen molar-refractivity contribution < 1.29 is 13.5 Å². The van der Waals surface area contributed by atoms with Gasteiger partial charge in [-0.25, -0.2) is 8.78 Å². The van der Waals surface area contributed by atoms with E-state index in [4.69, 9.17) is 10.5 Å². The van der Waals surface area contributed by atoms with Crippen LogP contribution in [0.5, 0.6) is 0 Å². The maximum atomic E-state index is 13.7. The van der Waals surface area contributed by atoms with E-state index in [-0.39, 0.29) is 17.2 Å². The molecule has 1 aromatic carbocycles. The minimum absolute atomic E-state index is 0.00492. The van der Waals surface area contributed by atoms with E-state index in [1.54, 1.807) is 0 Å². The van der Waals surface area contributed by atoms with Gasteiger partial charge >= 0.3 is 0 Å². The van der Waals surface area contributed by atoms with Crippen molar-refractivity contribution in [2.24, 2.45) is 10.7 Å². The third-order valence-electron chi connectivity index (χ3n) is 5.20. The molecule has 25 heavy (non-hydrogen) atoms. The number of halogens is 2. The maximum absolute atomic E-state index is 13.7. The van der Waals surface area contributed by atoms with Gasteiger partial charge in [0.05, 0.1) is 25.4 Å². The second kappa shape index (κ2) is 8.10. The summed E-state index contributed by atoms with van der Waals surface area (Å²) in [5, 5.41) is 2.68. The van der Waals surface area contributed by atoms with Crippen LogP contribution in [0.3, 0.4) is 0 Å². The zero-order valence-electron chi connectivity index (χ0n) is 14.4. The second-order valence-electron chi connectivity index (χ2n) is 6.84. The van der Waals surface area contributed by atoms with Crippen LogP contribution >= 0.6 is 0 Å². The Morgan fingerprint density at radius 2 is 1.92 bits per heavy atom. The lowest BCUT2D eigenvalue weighted by molar-refractivity contribution is -0.0333. The van der Waals surface area contributed by atoms with Crippen molar-refractivity contribution in [3.8, 4) is 0 Å². The fourth-order valence-corrected chi connectivity index (χ4v) is 3.83. The molecule has 3 N–H and O–H groups in total. The van der Waals surface area contributed by atoms with E-state index in [1.165, 1.54) is 19.3 Å². The molecule has 1 saturated carbocycles. The van der Waals surface area contributed by atoms with Gasteiger partial charge in [-0.1, -0.05) is 19.3 Å². The fraction of sp³-hybridized carbons (Fsp3) is 0.611. The Morgan fingerprint density at radius 1 is 1.20 bits per heavy atom. The highest BCUT2D eigenvalue weighted by atomic mass is 19.1. The lowest BCUT2D eigenvalue weighted by Crippen LogP contribution is -2.56. The number of nitrogens with zero attached hydrogens (tertiary/aromatic N) is 2. The van der Waals surface area contributed by atoms with E-state index in [9.17, 15) is 8.78 Å². The van der Waals surface area contributed by atoms with E-state index < -0.39 is 11.6 Å². The molecule has 1 aromatic rings. The van der Waals surface area contributed by atoms with Crippen molar-refractivity contribution in [2.75, 3.05) is 38.2 Å². The normalized spacial score (nSPS) is 21.9. The molecule has 0 radical (unpaired) electrons. The molecular formula is C18H26F2N4O. The third-order valence-corrected chi connectivity index (χ3v) is 5.20. The maximum Gasteiger partial charge on any atom is 0.193 e. The summed E-state index contributed by atoms with van der Waals surface area (Å²) in [4.78, 5) is 6.94. The number of morpholine rings is 1. The molecule has 0 atom stereocenters. The van der Waals surface area contributed by atoms with E-state index in [1.807, 2.05) is 0 Å². The van der Waals surface area contributed by atoms with Gasteiger partial charge in [-0.3, -0.25) is 9.89 Å². The minimum Gasteiger partial charge on any atom is -0.379 e. The molecule has 138 valence electrons. The molecule has 1 aliphatic carbocycles. The second-order valence-corrected chi connectivity index (χ2v) is 6.84. The number of anilines is 1. The molecule has 0 bridgehead atoms. The highest BCUT2D eigenvalue weighted by Gasteiger charge is 2.38. The van der Waals surface area contributed by atoms with Gasteiger partial charge in [-0.2, -0.15) is 0 Å². The van der Waals surface area contributed by atoms with Crippen LogP contribution in [-0.2, 0) is 4.74 Å². The van der Waals surface area contributed by atoms with Gasteiger partial charge in [0.1, 0.15) is 11.6 Å². The first-order chi connectivity index (χ1) is 12.1. The van der Waals surface area contributed by atoms with Crippen LogP contribution in [0.15, 0.2) is 23.2 Å². The fourth-order valence-electron chi connectivity index (χ4n) is 3.83. The summed E-state index contributed by atoms with van der Waals surface area (Å²) in [5.41, 5.74) is 5.94. The van der Waals surface area contributed by atoms with Gasteiger partial charge in [0, 0.05) is 24.7 Å². The molecule has 1 heterocycles. The Balaban J connectivity index is 1.70. The van der Waals surface area contributed by atoms with Gasteiger partial charge in [-0.05, 0) is 25.0 Å². The summed E-state index contributed by atoms with van der Waals surface area (Å²) >= 11 is 0. The molecule has 7 heteroatoms. The van der Waals surface area contributed by atoms with Crippen molar-refractivity contribution in [1.29, 1.82) is 0 Å². The molecule has 1 aliphatic heterocycles. The van der Waals surface area contributed by atoms with Crippen molar-refractivity contribution in [3.63, 3.8) is 0 Å². The standard InChI is InChI=1S/C18H26F2N4O/c19-14-4-5-15(20)16(12-14)23-17(21)22-13-18(6-2-1-3-7-18)24-8-10-25-11-9-24/h4-5,12H,1-3,6-11,13H2,(H3,21,22,23). The Bertz CT molecular complexity index is 611. The predicted octanol–water partition coefficient (Wildman–Crippen LogP) is 2.73. The molecule has 3 rings (SSSR count).